The zero-order valence-electron chi connectivity index (χ0n) is 21.1. The highest BCUT2D eigenvalue weighted by atomic mass is 19.1. The second kappa shape index (κ2) is 9.25. The highest BCUT2D eigenvalue weighted by Crippen LogP contribution is 2.51. The van der Waals surface area contributed by atoms with Gasteiger partial charge in [0.1, 0.15) is 29.4 Å². The topological polar surface area (TPSA) is 81.0 Å². The summed E-state index contributed by atoms with van der Waals surface area (Å²) in [6, 6.07) is 8.82. The number of pyridine rings is 1. The Labute approximate surface area is 210 Å². The Balaban J connectivity index is 1.59. The second-order valence-electron chi connectivity index (χ2n) is 10.1. The maximum absolute atomic E-state index is 15.1. The molecule has 0 spiro atoms. The molecule has 1 saturated heterocycles. The van der Waals surface area contributed by atoms with Crippen LogP contribution in [0.5, 0.6) is 0 Å². The molecule has 1 saturated carbocycles. The summed E-state index contributed by atoms with van der Waals surface area (Å²) in [5.41, 5.74) is 1.29. The number of nitrogens with zero attached hydrogens (tertiary/aromatic N) is 6. The number of benzene rings is 1. The molecule has 2 atom stereocenters. The number of piperazine rings is 1. The molecule has 36 heavy (non-hydrogen) atoms. The number of rotatable bonds is 6. The number of fused-ring (bicyclic) bond motifs is 1. The van der Waals surface area contributed by atoms with Gasteiger partial charge in [-0.1, -0.05) is 18.2 Å². The van der Waals surface area contributed by atoms with Gasteiger partial charge in [0.15, 0.2) is 5.65 Å². The van der Waals surface area contributed by atoms with Crippen LogP contribution in [0.4, 0.5) is 20.4 Å². The number of anilines is 2. The minimum atomic E-state index is -1.40. The first-order chi connectivity index (χ1) is 17.2. The Morgan fingerprint density at radius 1 is 1.08 bits per heavy atom. The number of alkyl halides is 1. The number of aryl methyl sites for hydroxylation is 1. The predicted octanol–water partition coefficient (Wildman–Crippen LogP) is 4.98. The Bertz CT molecular complexity index is 1340. The van der Waals surface area contributed by atoms with Crippen LogP contribution < -0.4 is 10.2 Å². The lowest BCUT2D eigenvalue weighted by Gasteiger charge is -2.35. The monoisotopic (exact) mass is 491 g/mol. The highest BCUT2D eigenvalue weighted by molar-refractivity contribution is 5.89. The first-order valence-electron chi connectivity index (χ1n) is 12.5. The van der Waals surface area contributed by atoms with Crippen LogP contribution in [0.1, 0.15) is 61.4 Å². The van der Waals surface area contributed by atoms with Crippen molar-refractivity contribution >= 4 is 22.7 Å². The number of hydrogen-bond acceptors (Lipinski definition) is 7. The fourth-order valence-corrected chi connectivity index (χ4v) is 4.93. The van der Waals surface area contributed by atoms with Crippen LogP contribution in [0.2, 0.25) is 0 Å². The molecule has 3 aromatic rings. The van der Waals surface area contributed by atoms with Gasteiger partial charge in [0.05, 0.1) is 22.9 Å². The Morgan fingerprint density at radius 3 is 2.42 bits per heavy atom. The predicted molar refractivity (Wildman–Crippen MR) is 136 cm³/mol. The van der Waals surface area contributed by atoms with Crippen LogP contribution >= 0.6 is 0 Å². The van der Waals surface area contributed by atoms with Gasteiger partial charge in [-0.25, -0.2) is 23.7 Å². The molecule has 1 aliphatic carbocycles. The lowest BCUT2D eigenvalue weighted by molar-refractivity contribution is 0.312. The molecule has 9 heteroatoms. The van der Waals surface area contributed by atoms with Gasteiger partial charge in [-0.3, -0.25) is 0 Å². The van der Waals surface area contributed by atoms with E-state index in [0.717, 1.165) is 50.4 Å². The average molecular weight is 492 g/mol. The molecule has 1 N–H and O–H groups in total. The van der Waals surface area contributed by atoms with E-state index in [0.29, 0.717) is 28.2 Å². The summed E-state index contributed by atoms with van der Waals surface area (Å²) in [5, 5.41) is 14.0. The fraction of sp³-hybridized carbons (Fsp3) is 0.481. The van der Waals surface area contributed by atoms with Crippen molar-refractivity contribution in [1.29, 1.82) is 5.26 Å². The third-order valence-electron chi connectivity index (χ3n) is 7.37. The standard InChI is InChI=1S/C27H31F2N7/c1-16(28)19-6-5-7-20(23(19)29)17(2)31-24-21-14-22(27(15-30)8-9-27)26(34-25(21)33-18(3)32-24)36-12-10-35(4)11-13-36/h5-7,14,16-17H,8-13H2,1-4H3,(H,31,32,33,34)/t16?,17-/m1/s1. The van der Waals surface area contributed by atoms with Crippen LogP contribution in [0, 0.1) is 24.1 Å². The smallest absolute Gasteiger partial charge is 0.167 e. The molecule has 1 aromatic carbocycles. The van der Waals surface area contributed by atoms with Crippen molar-refractivity contribution in [2.75, 3.05) is 43.4 Å². The van der Waals surface area contributed by atoms with E-state index in [4.69, 9.17) is 4.98 Å². The summed E-state index contributed by atoms with van der Waals surface area (Å²) < 4.78 is 29.0. The largest absolute Gasteiger partial charge is 0.363 e. The summed E-state index contributed by atoms with van der Waals surface area (Å²) in [6.45, 7) is 8.46. The lowest BCUT2D eigenvalue weighted by atomic mass is 9.96. The number of nitriles is 1. The zero-order chi connectivity index (χ0) is 25.6. The average Bonchev–Trinajstić information content (AvgIpc) is 3.65. The number of aromatic nitrogens is 3. The molecule has 2 aromatic heterocycles. The third-order valence-corrected chi connectivity index (χ3v) is 7.37. The quantitative estimate of drug-likeness (QED) is 0.521. The molecular formula is C27H31F2N7. The molecule has 188 valence electrons. The number of hydrogen-bond donors (Lipinski definition) is 1. The molecule has 2 fully saturated rings. The third kappa shape index (κ3) is 4.35. The van der Waals surface area contributed by atoms with E-state index < -0.39 is 23.4 Å². The van der Waals surface area contributed by atoms with Crippen molar-refractivity contribution in [3.8, 4) is 6.07 Å². The van der Waals surface area contributed by atoms with Gasteiger partial charge in [-0.05, 0) is 46.7 Å². The molecule has 3 heterocycles. The molecule has 2 aliphatic rings. The molecular weight excluding hydrogens is 460 g/mol. The number of halogens is 2. The summed E-state index contributed by atoms with van der Waals surface area (Å²) >= 11 is 0. The highest BCUT2D eigenvalue weighted by Gasteiger charge is 2.48. The van der Waals surface area contributed by atoms with Crippen LogP contribution in [0.15, 0.2) is 24.3 Å². The van der Waals surface area contributed by atoms with Crippen molar-refractivity contribution in [1.82, 2.24) is 19.9 Å². The van der Waals surface area contributed by atoms with E-state index in [1.54, 1.807) is 19.1 Å². The number of likely N-dealkylation sites (N-methyl/N-ethyl adjacent to an activating group) is 1. The summed E-state index contributed by atoms with van der Waals surface area (Å²) in [5.74, 6) is 1.33. The van der Waals surface area contributed by atoms with E-state index in [1.807, 2.05) is 13.0 Å². The molecule has 0 bridgehead atoms. The maximum Gasteiger partial charge on any atom is 0.167 e. The van der Waals surface area contributed by atoms with Crippen LogP contribution in [-0.2, 0) is 5.41 Å². The van der Waals surface area contributed by atoms with Gasteiger partial charge >= 0.3 is 0 Å². The summed E-state index contributed by atoms with van der Waals surface area (Å²) in [6.07, 6.45) is 0.186. The fourth-order valence-electron chi connectivity index (χ4n) is 4.93. The van der Waals surface area contributed by atoms with Gasteiger partial charge in [-0.2, -0.15) is 5.26 Å². The number of nitrogens with one attached hydrogen (secondary N) is 1. The minimum absolute atomic E-state index is 0.0374. The molecule has 5 rings (SSSR count). The van der Waals surface area contributed by atoms with Crippen molar-refractivity contribution in [3.63, 3.8) is 0 Å². The molecule has 0 amide bonds. The van der Waals surface area contributed by atoms with E-state index in [9.17, 15) is 9.65 Å². The van der Waals surface area contributed by atoms with E-state index in [1.165, 1.54) is 13.0 Å². The van der Waals surface area contributed by atoms with E-state index in [-0.39, 0.29) is 5.56 Å². The summed E-state index contributed by atoms with van der Waals surface area (Å²) in [4.78, 5) is 18.7. The minimum Gasteiger partial charge on any atom is -0.363 e. The van der Waals surface area contributed by atoms with Crippen molar-refractivity contribution < 1.29 is 8.78 Å². The normalized spacial score (nSPS) is 19.1. The maximum atomic E-state index is 15.1. The second-order valence-corrected chi connectivity index (χ2v) is 10.1. The molecule has 0 radical (unpaired) electrons. The Morgan fingerprint density at radius 2 is 1.78 bits per heavy atom. The van der Waals surface area contributed by atoms with Gasteiger partial charge < -0.3 is 15.1 Å². The van der Waals surface area contributed by atoms with Crippen LogP contribution in [0.25, 0.3) is 11.0 Å². The zero-order valence-corrected chi connectivity index (χ0v) is 21.1. The van der Waals surface area contributed by atoms with E-state index >= 15 is 4.39 Å². The van der Waals surface area contributed by atoms with Crippen molar-refractivity contribution in [3.05, 3.63) is 52.6 Å². The van der Waals surface area contributed by atoms with Crippen LogP contribution in [-0.4, -0.2) is 53.1 Å². The SMILES string of the molecule is Cc1nc(N[C@H](C)c2cccc(C(C)F)c2F)c2cc(C3(C#N)CC3)c(N3CCN(C)CC3)nc2n1. The molecule has 1 unspecified atom stereocenters. The van der Waals surface area contributed by atoms with Gasteiger partial charge in [0, 0.05) is 42.9 Å². The van der Waals surface area contributed by atoms with Gasteiger partial charge in [0.2, 0.25) is 0 Å². The van der Waals surface area contributed by atoms with Crippen molar-refractivity contribution in [2.24, 2.45) is 0 Å². The lowest BCUT2D eigenvalue weighted by Crippen LogP contribution is -2.45. The van der Waals surface area contributed by atoms with E-state index in [2.05, 4.69) is 38.2 Å². The molecule has 7 nitrogen and oxygen atoms in total. The summed E-state index contributed by atoms with van der Waals surface area (Å²) in [7, 11) is 2.10. The first kappa shape index (κ1) is 24.3. The molecule has 1 aliphatic heterocycles. The Kier molecular flexibility index (Phi) is 6.25. The van der Waals surface area contributed by atoms with Gasteiger partial charge in [0.25, 0.3) is 0 Å². The Hall–Kier alpha value is -3.38. The van der Waals surface area contributed by atoms with Crippen molar-refractivity contribution in [2.45, 2.75) is 51.2 Å². The van der Waals surface area contributed by atoms with Crippen LogP contribution in [0.3, 0.4) is 0 Å². The van der Waals surface area contributed by atoms with Gasteiger partial charge in [-0.15, -0.1) is 0 Å². The first-order valence-corrected chi connectivity index (χ1v) is 12.5.